The normalized spacial score (nSPS) is 21.1. The van der Waals surface area contributed by atoms with Crippen LogP contribution in [0.3, 0.4) is 0 Å². The Morgan fingerprint density at radius 3 is 2.73 bits per heavy atom. The SMILES string of the molecule is C[NH+](C)CCC[NH2+]CC[C@@H](Cc1ccccc1Cl)[C@@H]1CCOC(C)(C)C1. The Morgan fingerprint density at radius 2 is 2.04 bits per heavy atom. The molecule has 2 rings (SSSR count). The number of halogens is 1. The van der Waals surface area contributed by atoms with Crippen LogP contribution < -0.4 is 10.2 Å². The Balaban J connectivity index is 1.92. The molecule has 26 heavy (non-hydrogen) atoms. The van der Waals surface area contributed by atoms with E-state index in [9.17, 15) is 0 Å². The van der Waals surface area contributed by atoms with E-state index in [2.05, 4.69) is 45.4 Å². The maximum absolute atomic E-state index is 6.46. The molecule has 3 nitrogen and oxygen atoms in total. The number of ether oxygens (including phenoxy) is 1. The second-order valence-electron chi connectivity index (χ2n) is 8.88. The van der Waals surface area contributed by atoms with Gasteiger partial charge in [-0.1, -0.05) is 29.8 Å². The lowest BCUT2D eigenvalue weighted by Crippen LogP contribution is -3.06. The number of nitrogens with two attached hydrogens (primary N) is 1. The molecule has 148 valence electrons. The van der Waals surface area contributed by atoms with E-state index >= 15 is 0 Å². The highest BCUT2D eigenvalue weighted by Crippen LogP contribution is 2.36. The molecule has 0 aromatic heterocycles. The molecule has 0 unspecified atom stereocenters. The van der Waals surface area contributed by atoms with Gasteiger partial charge in [0.25, 0.3) is 0 Å². The highest BCUT2D eigenvalue weighted by molar-refractivity contribution is 6.31. The minimum absolute atomic E-state index is 0.0137. The van der Waals surface area contributed by atoms with Gasteiger partial charge in [-0.05, 0) is 63.0 Å². The van der Waals surface area contributed by atoms with Crippen molar-refractivity contribution in [3.63, 3.8) is 0 Å². The highest BCUT2D eigenvalue weighted by Gasteiger charge is 2.33. The minimum atomic E-state index is 0.0137. The number of hydrogen-bond acceptors (Lipinski definition) is 1. The lowest BCUT2D eigenvalue weighted by molar-refractivity contribution is -0.860. The molecule has 1 aromatic rings. The quantitative estimate of drug-likeness (QED) is 0.597. The Morgan fingerprint density at radius 1 is 1.27 bits per heavy atom. The van der Waals surface area contributed by atoms with Crippen LogP contribution in [-0.4, -0.2) is 45.9 Å². The van der Waals surface area contributed by atoms with Crippen molar-refractivity contribution in [3.05, 3.63) is 34.9 Å². The summed E-state index contributed by atoms with van der Waals surface area (Å²) in [4.78, 5) is 1.54. The zero-order valence-corrected chi connectivity index (χ0v) is 17.9. The third kappa shape index (κ3) is 7.56. The molecule has 4 heteroatoms. The standard InChI is InChI=1S/C22H37ClN2O/c1-22(2)17-20(11-15-26-22)18(10-13-24-12-7-14-25(3)4)16-19-8-5-6-9-21(19)23/h5-6,8-9,18,20,24H,7,10-17H2,1-4H3/p+2/t18-,20+/m0/s1. The smallest absolute Gasteiger partial charge is 0.0821 e. The summed E-state index contributed by atoms with van der Waals surface area (Å²) in [6.45, 7) is 9.08. The van der Waals surface area contributed by atoms with E-state index < -0.39 is 0 Å². The number of nitrogens with one attached hydrogen (secondary N) is 1. The van der Waals surface area contributed by atoms with Crippen molar-refractivity contribution in [2.24, 2.45) is 11.8 Å². The second-order valence-corrected chi connectivity index (χ2v) is 9.29. The van der Waals surface area contributed by atoms with Crippen LogP contribution in [0.4, 0.5) is 0 Å². The molecule has 0 saturated carbocycles. The van der Waals surface area contributed by atoms with Crippen molar-refractivity contribution in [2.45, 2.75) is 51.6 Å². The van der Waals surface area contributed by atoms with E-state index in [0.717, 1.165) is 30.4 Å². The Bertz CT molecular complexity index is 533. The van der Waals surface area contributed by atoms with Crippen LogP contribution >= 0.6 is 11.6 Å². The monoisotopic (exact) mass is 382 g/mol. The van der Waals surface area contributed by atoms with Gasteiger partial charge in [0, 0.05) is 18.1 Å². The zero-order chi connectivity index (χ0) is 19.0. The Hall–Kier alpha value is -0.610. The number of hydrogen-bond donors (Lipinski definition) is 2. The van der Waals surface area contributed by atoms with Gasteiger partial charge in [0.2, 0.25) is 0 Å². The van der Waals surface area contributed by atoms with Crippen molar-refractivity contribution in [1.82, 2.24) is 0 Å². The first-order valence-electron chi connectivity index (χ1n) is 10.4. The molecular formula is C22H39ClN2O+2. The molecule has 1 aromatic carbocycles. The first-order chi connectivity index (χ1) is 12.4. The van der Waals surface area contributed by atoms with Crippen molar-refractivity contribution in [1.29, 1.82) is 0 Å². The maximum atomic E-state index is 6.46. The van der Waals surface area contributed by atoms with Gasteiger partial charge in [-0.25, -0.2) is 0 Å². The molecule has 0 radical (unpaired) electrons. The predicted molar refractivity (Wildman–Crippen MR) is 110 cm³/mol. The zero-order valence-electron chi connectivity index (χ0n) is 17.2. The van der Waals surface area contributed by atoms with Crippen molar-refractivity contribution < 1.29 is 15.0 Å². The van der Waals surface area contributed by atoms with E-state index in [-0.39, 0.29) is 5.60 Å². The maximum Gasteiger partial charge on any atom is 0.0821 e. The number of benzene rings is 1. The van der Waals surface area contributed by atoms with Crippen LogP contribution in [0.2, 0.25) is 5.02 Å². The van der Waals surface area contributed by atoms with E-state index in [4.69, 9.17) is 16.3 Å². The number of rotatable bonds is 10. The van der Waals surface area contributed by atoms with Crippen LogP contribution in [0, 0.1) is 11.8 Å². The third-order valence-corrected chi connectivity index (χ3v) is 6.04. The van der Waals surface area contributed by atoms with Gasteiger partial charge in [-0.15, -0.1) is 0 Å². The minimum Gasteiger partial charge on any atom is -0.376 e. The van der Waals surface area contributed by atoms with Crippen LogP contribution in [0.5, 0.6) is 0 Å². The largest absolute Gasteiger partial charge is 0.376 e. The lowest BCUT2D eigenvalue weighted by atomic mass is 9.75. The van der Waals surface area contributed by atoms with Crippen LogP contribution in [0.1, 0.15) is 45.1 Å². The molecule has 1 aliphatic rings. The van der Waals surface area contributed by atoms with Gasteiger partial charge in [-0.3, -0.25) is 0 Å². The molecule has 1 saturated heterocycles. The average Bonchev–Trinajstić information content (AvgIpc) is 2.57. The molecule has 0 aliphatic carbocycles. The Labute approximate surface area is 165 Å². The fourth-order valence-electron chi connectivity index (χ4n) is 4.21. The number of quaternary nitrogens is 2. The molecule has 0 amide bonds. The first-order valence-corrected chi connectivity index (χ1v) is 10.7. The Kier molecular flexibility index (Phi) is 8.89. The van der Waals surface area contributed by atoms with Crippen molar-refractivity contribution in [2.75, 3.05) is 40.3 Å². The van der Waals surface area contributed by atoms with Gasteiger partial charge in [0.1, 0.15) is 0 Å². The summed E-state index contributed by atoms with van der Waals surface area (Å²) in [6, 6.07) is 8.36. The summed E-state index contributed by atoms with van der Waals surface area (Å²) in [5.74, 6) is 1.42. The fraction of sp³-hybridized carbons (Fsp3) is 0.727. The topological polar surface area (TPSA) is 30.3 Å². The lowest BCUT2D eigenvalue weighted by Gasteiger charge is -2.39. The van der Waals surface area contributed by atoms with Crippen molar-refractivity contribution in [3.8, 4) is 0 Å². The average molecular weight is 383 g/mol. The third-order valence-electron chi connectivity index (χ3n) is 5.67. The van der Waals surface area contributed by atoms with Gasteiger partial charge >= 0.3 is 0 Å². The molecule has 0 bridgehead atoms. The van der Waals surface area contributed by atoms with E-state index in [1.807, 2.05) is 12.1 Å². The molecule has 3 N–H and O–H groups in total. The molecule has 1 fully saturated rings. The van der Waals surface area contributed by atoms with Crippen molar-refractivity contribution >= 4 is 11.6 Å². The summed E-state index contributed by atoms with van der Waals surface area (Å²) < 4.78 is 5.96. The molecular weight excluding hydrogens is 344 g/mol. The summed E-state index contributed by atoms with van der Waals surface area (Å²) in [5, 5.41) is 3.43. The van der Waals surface area contributed by atoms with Gasteiger partial charge in [0.15, 0.2) is 0 Å². The predicted octanol–water partition coefficient (Wildman–Crippen LogP) is 2.19. The first kappa shape index (κ1) is 21.7. The van der Waals surface area contributed by atoms with Crippen LogP contribution in [0.15, 0.2) is 24.3 Å². The molecule has 0 spiro atoms. The van der Waals surface area contributed by atoms with Gasteiger partial charge in [0.05, 0.1) is 39.3 Å². The molecule has 1 heterocycles. The fourth-order valence-corrected chi connectivity index (χ4v) is 4.42. The van der Waals surface area contributed by atoms with E-state index in [1.54, 1.807) is 4.90 Å². The summed E-state index contributed by atoms with van der Waals surface area (Å²) in [5.41, 5.74) is 1.32. The van der Waals surface area contributed by atoms with E-state index in [0.29, 0.717) is 5.92 Å². The highest BCUT2D eigenvalue weighted by atomic mass is 35.5. The summed E-state index contributed by atoms with van der Waals surface area (Å²) in [6.07, 6.45) is 5.99. The van der Waals surface area contributed by atoms with Gasteiger partial charge < -0.3 is 15.0 Å². The van der Waals surface area contributed by atoms with E-state index in [1.165, 1.54) is 44.5 Å². The van der Waals surface area contributed by atoms with Crippen LogP contribution in [-0.2, 0) is 11.2 Å². The molecule has 2 atom stereocenters. The van der Waals surface area contributed by atoms with Crippen LogP contribution in [0.25, 0.3) is 0 Å². The molecule has 1 aliphatic heterocycles. The van der Waals surface area contributed by atoms with Gasteiger partial charge in [-0.2, -0.15) is 0 Å². The summed E-state index contributed by atoms with van der Waals surface area (Å²) >= 11 is 6.46. The second kappa shape index (κ2) is 10.7. The summed E-state index contributed by atoms with van der Waals surface area (Å²) in [7, 11) is 4.46.